The Morgan fingerprint density at radius 3 is 3.00 bits per heavy atom. The van der Waals surface area contributed by atoms with Crippen LogP contribution in [0, 0.1) is 12.8 Å². The molecule has 1 aromatic heterocycles. The molecule has 2 heterocycles. The fourth-order valence-corrected chi connectivity index (χ4v) is 2.20. The van der Waals surface area contributed by atoms with Crippen LogP contribution in [-0.2, 0) is 4.74 Å². The molecule has 5 heteroatoms. The van der Waals surface area contributed by atoms with Crippen molar-refractivity contribution in [2.75, 3.05) is 37.4 Å². The number of anilines is 2. The van der Waals surface area contributed by atoms with Crippen molar-refractivity contribution in [3.8, 4) is 0 Å². The summed E-state index contributed by atoms with van der Waals surface area (Å²) < 4.78 is 5.48. The molecule has 0 spiro atoms. The molecule has 0 bridgehead atoms. The van der Waals surface area contributed by atoms with E-state index in [1.165, 1.54) is 6.42 Å². The van der Waals surface area contributed by atoms with Gasteiger partial charge in [-0.25, -0.2) is 4.98 Å². The lowest BCUT2D eigenvalue weighted by Gasteiger charge is -2.27. The maximum atomic E-state index is 5.66. The third kappa shape index (κ3) is 3.30. The van der Waals surface area contributed by atoms with Gasteiger partial charge in [0.15, 0.2) is 0 Å². The summed E-state index contributed by atoms with van der Waals surface area (Å²) in [6.45, 7) is 4.64. The Bertz CT molecular complexity index is 357. The summed E-state index contributed by atoms with van der Waals surface area (Å²) in [7, 11) is 2.04. The van der Waals surface area contributed by atoms with Crippen LogP contribution in [0.15, 0.2) is 6.07 Å². The second kappa shape index (κ2) is 5.31. The van der Waals surface area contributed by atoms with Gasteiger partial charge in [0.2, 0.25) is 5.95 Å². The van der Waals surface area contributed by atoms with Gasteiger partial charge < -0.3 is 15.4 Å². The van der Waals surface area contributed by atoms with Crippen molar-refractivity contribution in [1.29, 1.82) is 0 Å². The van der Waals surface area contributed by atoms with Crippen LogP contribution in [0.1, 0.15) is 18.5 Å². The number of ether oxygens (including phenoxy) is 1. The summed E-state index contributed by atoms with van der Waals surface area (Å²) in [6.07, 6.45) is 2.38. The Labute approximate surface area is 102 Å². The molecule has 2 N–H and O–H groups in total. The molecule has 2 rings (SSSR count). The lowest BCUT2D eigenvalue weighted by atomic mass is 10.0. The van der Waals surface area contributed by atoms with Crippen LogP contribution in [0.4, 0.5) is 11.8 Å². The molecule has 94 valence electrons. The molecule has 5 nitrogen and oxygen atoms in total. The fraction of sp³-hybridized carbons (Fsp3) is 0.667. The highest BCUT2D eigenvalue weighted by atomic mass is 16.5. The molecule has 0 amide bonds. The van der Waals surface area contributed by atoms with Gasteiger partial charge >= 0.3 is 0 Å². The van der Waals surface area contributed by atoms with Crippen LogP contribution >= 0.6 is 0 Å². The molecule has 1 aliphatic heterocycles. The second-order valence-corrected chi connectivity index (χ2v) is 4.69. The van der Waals surface area contributed by atoms with E-state index in [1.807, 2.05) is 20.0 Å². The molecule has 1 fully saturated rings. The van der Waals surface area contributed by atoms with E-state index >= 15 is 0 Å². The molecule has 0 aromatic carbocycles. The quantitative estimate of drug-likeness (QED) is 0.855. The average molecular weight is 236 g/mol. The molecule has 0 radical (unpaired) electrons. The van der Waals surface area contributed by atoms with Crippen molar-refractivity contribution >= 4 is 11.8 Å². The molecular weight excluding hydrogens is 216 g/mol. The Morgan fingerprint density at radius 1 is 1.53 bits per heavy atom. The summed E-state index contributed by atoms with van der Waals surface area (Å²) >= 11 is 0. The molecule has 1 saturated heterocycles. The highest BCUT2D eigenvalue weighted by Crippen LogP contribution is 2.18. The predicted molar refractivity (Wildman–Crippen MR) is 68.0 cm³/mol. The van der Waals surface area contributed by atoms with E-state index in [0.717, 1.165) is 37.7 Å². The Kier molecular flexibility index (Phi) is 3.78. The van der Waals surface area contributed by atoms with E-state index in [2.05, 4.69) is 14.9 Å². The summed E-state index contributed by atoms with van der Waals surface area (Å²) in [5.41, 5.74) is 6.56. The maximum Gasteiger partial charge on any atom is 0.222 e. The molecule has 0 saturated carbocycles. The van der Waals surface area contributed by atoms with E-state index in [4.69, 9.17) is 10.5 Å². The molecular formula is C12H20N4O. The van der Waals surface area contributed by atoms with Gasteiger partial charge in [0.25, 0.3) is 0 Å². The monoisotopic (exact) mass is 236 g/mol. The predicted octanol–water partition coefficient (Wildman–Crippen LogP) is 1.23. The first kappa shape index (κ1) is 12.1. The van der Waals surface area contributed by atoms with Crippen molar-refractivity contribution in [2.24, 2.45) is 5.92 Å². The van der Waals surface area contributed by atoms with Gasteiger partial charge in [0, 0.05) is 32.0 Å². The first-order chi connectivity index (χ1) is 8.15. The van der Waals surface area contributed by atoms with Crippen molar-refractivity contribution in [2.45, 2.75) is 19.8 Å². The second-order valence-electron chi connectivity index (χ2n) is 4.69. The molecule has 0 aliphatic carbocycles. The van der Waals surface area contributed by atoms with Crippen LogP contribution in [0.5, 0.6) is 0 Å². The summed E-state index contributed by atoms with van der Waals surface area (Å²) in [6, 6.07) is 1.96. The van der Waals surface area contributed by atoms with Gasteiger partial charge in [-0.1, -0.05) is 0 Å². The van der Waals surface area contributed by atoms with E-state index in [0.29, 0.717) is 11.9 Å². The number of nitrogen functional groups attached to an aromatic ring is 1. The molecule has 1 aromatic rings. The van der Waals surface area contributed by atoms with Gasteiger partial charge in [0.1, 0.15) is 5.82 Å². The minimum atomic E-state index is 0.340. The smallest absolute Gasteiger partial charge is 0.222 e. The first-order valence-electron chi connectivity index (χ1n) is 6.05. The van der Waals surface area contributed by atoms with E-state index in [1.54, 1.807) is 0 Å². The third-order valence-electron chi connectivity index (χ3n) is 3.04. The summed E-state index contributed by atoms with van der Waals surface area (Å²) in [5, 5.41) is 0. The number of nitrogens with two attached hydrogens (primary N) is 1. The largest absolute Gasteiger partial charge is 0.381 e. The van der Waals surface area contributed by atoms with Crippen molar-refractivity contribution < 1.29 is 4.74 Å². The van der Waals surface area contributed by atoms with Gasteiger partial charge in [0.05, 0.1) is 6.61 Å². The molecule has 1 unspecified atom stereocenters. The minimum absolute atomic E-state index is 0.340. The number of aryl methyl sites for hydroxylation is 1. The van der Waals surface area contributed by atoms with Crippen LogP contribution in [0.25, 0.3) is 0 Å². The summed E-state index contributed by atoms with van der Waals surface area (Å²) in [4.78, 5) is 10.5. The van der Waals surface area contributed by atoms with Crippen LogP contribution in [0.3, 0.4) is 0 Å². The lowest BCUT2D eigenvalue weighted by molar-refractivity contribution is 0.0576. The third-order valence-corrected chi connectivity index (χ3v) is 3.04. The van der Waals surface area contributed by atoms with Gasteiger partial charge in [-0.2, -0.15) is 4.98 Å². The number of rotatable bonds is 3. The lowest BCUT2D eigenvalue weighted by Crippen LogP contribution is -2.31. The highest BCUT2D eigenvalue weighted by Gasteiger charge is 2.17. The first-order valence-corrected chi connectivity index (χ1v) is 6.05. The highest BCUT2D eigenvalue weighted by molar-refractivity contribution is 5.42. The maximum absolute atomic E-state index is 5.66. The Morgan fingerprint density at radius 2 is 2.35 bits per heavy atom. The zero-order valence-electron chi connectivity index (χ0n) is 10.5. The van der Waals surface area contributed by atoms with Gasteiger partial charge in [-0.3, -0.25) is 0 Å². The fourth-order valence-electron chi connectivity index (χ4n) is 2.20. The zero-order chi connectivity index (χ0) is 12.3. The number of hydrogen-bond acceptors (Lipinski definition) is 5. The topological polar surface area (TPSA) is 64.3 Å². The normalized spacial score (nSPS) is 20.2. The molecule has 17 heavy (non-hydrogen) atoms. The standard InChI is InChI=1S/C12H20N4O/c1-9-6-11(15-12(13)14-9)16(2)7-10-4-3-5-17-8-10/h6,10H,3-5,7-8H2,1-2H3,(H2,13,14,15). The van der Waals surface area contributed by atoms with Crippen molar-refractivity contribution in [3.05, 3.63) is 11.8 Å². The minimum Gasteiger partial charge on any atom is -0.381 e. The SMILES string of the molecule is Cc1cc(N(C)CC2CCCOC2)nc(N)n1. The number of aromatic nitrogens is 2. The Hall–Kier alpha value is -1.36. The van der Waals surface area contributed by atoms with Crippen LogP contribution in [0.2, 0.25) is 0 Å². The molecule has 1 aliphatic rings. The van der Waals surface area contributed by atoms with E-state index < -0.39 is 0 Å². The average Bonchev–Trinajstić information content (AvgIpc) is 2.29. The Balaban J connectivity index is 2.00. The van der Waals surface area contributed by atoms with Gasteiger partial charge in [-0.05, 0) is 25.7 Å². The van der Waals surface area contributed by atoms with E-state index in [9.17, 15) is 0 Å². The summed E-state index contributed by atoms with van der Waals surface area (Å²) in [5.74, 6) is 1.82. The number of nitrogens with zero attached hydrogens (tertiary/aromatic N) is 3. The van der Waals surface area contributed by atoms with Crippen molar-refractivity contribution in [1.82, 2.24) is 9.97 Å². The molecule has 1 atom stereocenters. The van der Waals surface area contributed by atoms with Gasteiger partial charge in [-0.15, -0.1) is 0 Å². The van der Waals surface area contributed by atoms with Crippen molar-refractivity contribution in [3.63, 3.8) is 0 Å². The zero-order valence-corrected chi connectivity index (χ0v) is 10.5. The van der Waals surface area contributed by atoms with Crippen LogP contribution in [-0.4, -0.2) is 36.8 Å². The van der Waals surface area contributed by atoms with E-state index in [-0.39, 0.29) is 0 Å². The number of hydrogen-bond donors (Lipinski definition) is 1. The van der Waals surface area contributed by atoms with Crippen LogP contribution < -0.4 is 10.6 Å².